The summed E-state index contributed by atoms with van der Waals surface area (Å²) in [6.45, 7) is 1.66. The lowest BCUT2D eigenvalue weighted by Gasteiger charge is -2.09. The van der Waals surface area contributed by atoms with Crippen LogP contribution in [0.2, 0.25) is 0 Å². The van der Waals surface area contributed by atoms with Crippen molar-refractivity contribution in [1.82, 2.24) is 4.72 Å². The van der Waals surface area contributed by atoms with E-state index < -0.39 is 15.9 Å². The van der Waals surface area contributed by atoms with Gasteiger partial charge in [0, 0.05) is 5.56 Å². The lowest BCUT2D eigenvalue weighted by atomic mass is 10.0. The van der Waals surface area contributed by atoms with Gasteiger partial charge in [-0.25, -0.2) is 17.5 Å². The summed E-state index contributed by atoms with van der Waals surface area (Å²) in [5.74, 6) is -1.04. The van der Waals surface area contributed by atoms with E-state index in [1.54, 1.807) is 49.4 Å². The van der Waals surface area contributed by atoms with Crippen LogP contribution in [0.15, 0.2) is 77.7 Å². The average Bonchev–Trinajstić information content (AvgIpc) is 2.62. The lowest BCUT2D eigenvalue weighted by molar-refractivity contribution is 0.0981. The number of halogens is 1. The molecule has 132 valence electrons. The zero-order valence-electron chi connectivity index (χ0n) is 13.9. The number of aryl methyl sites for hydroxylation is 1. The summed E-state index contributed by atoms with van der Waals surface area (Å²) in [5.41, 5.74) is 2.36. The van der Waals surface area contributed by atoms with E-state index in [1.165, 1.54) is 30.3 Å². The van der Waals surface area contributed by atoms with Gasteiger partial charge in [-0.1, -0.05) is 42.5 Å². The minimum Gasteiger partial charge on any atom is -0.268 e. The molecule has 26 heavy (non-hydrogen) atoms. The Morgan fingerprint density at radius 3 is 1.96 bits per heavy atom. The van der Waals surface area contributed by atoms with Gasteiger partial charge in [0.2, 0.25) is 0 Å². The number of carbonyl (C=O) groups is 1. The number of benzene rings is 3. The molecule has 0 saturated carbocycles. The lowest BCUT2D eigenvalue weighted by Crippen LogP contribution is -2.31. The fourth-order valence-corrected chi connectivity index (χ4v) is 3.77. The van der Waals surface area contributed by atoms with E-state index >= 15 is 0 Å². The number of amides is 1. The summed E-state index contributed by atoms with van der Waals surface area (Å²) in [6, 6.07) is 18.8. The first-order valence-electron chi connectivity index (χ1n) is 7.85. The summed E-state index contributed by atoms with van der Waals surface area (Å²) in [7, 11) is -3.95. The van der Waals surface area contributed by atoms with Gasteiger partial charge in [-0.05, 0) is 53.9 Å². The Morgan fingerprint density at radius 1 is 0.846 bits per heavy atom. The molecule has 3 aromatic rings. The molecule has 0 aliphatic carbocycles. The third-order valence-corrected chi connectivity index (χ3v) is 5.43. The van der Waals surface area contributed by atoms with Crippen molar-refractivity contribution in [1.29, 1.82) is 0 Å². The van der Waals surface area contributed by atoms with Crippen molar-refractivity contribution in [2.75, 3.05) is 0 Å². The Hall–Kier alpha value is -2.99. The molecule has 0 heterocycles. The van der Waals surface area contributed by atoms with Crippen LogP contribution in [0.1, 0.15) is 15.9 Å². The largest absolute Gasteiger partial charge is 0.268 e. The van der Waals surface area contributed by atoms with E-state index in [9.17, 15) is 17.6 Å². The van der Waals surface area contributed by atoms with Crippen molar-refractivity contribution in [3.63, 3.8) is 0 Å². The second-order valence-corrected chi connectivity index (χ2v) is 7.44. The van der Waals surface area contributed by atoms with Crippen LogP contribution < -0.4 is 4.72 Å². The molecule has 4 nitrogen and oxygen atoms in total. The molecule has 0 radical (unpaired) electrons. The molecule has 0 unspecified atom stereocenters. The summed E-state index contributed by atoms with van der Waals surface area (Å²) in [6.07, 6.45) is 0. The molecule has 0 aliphatic heterocycles. The van der Waals surface area contributed by atoms with Crippen molar-refractivity contribution < 1.29 is 17.6 Å². The van der Waals surface area contributed by atoms with Gasteiger partial charge in [-0.3, -0.25) is 4.79 Å². The molecule has 0 atom stereocenters. The van der Waals surface area contributed by atoms with Crippen LogP contribution in [-0.4, -0.2) is 14.3 Å². The van der Waals surface area contributed by atoms with Gasteiger partial charge in [-0.15, -0.1) is 0 Å². The predicted octanol–water partition coefficient (Wildman–Crippen LogP) is 3.92. The fraction of sp³-hybridized carbons (Fsp3) is 0.0500. The topological polar surface area (TPSA) is 63.2 Å². The minimum absolute atomic E-state index is 0.0660. The van der Waals surface area contributed by atoms with Gasteiger partial charge in [0.15, 0.2) is 0 Å². The van der Waals surface area contributed by atoms with Crippen LogP contribution >= 0.6 is 0 Å². The number of sulfonamides is 1. The summed E-state index contributed by atoms with van der Waals surface area (Å²) in [4.78, 5) is 12.4. The number of carbonyl (C=O) groups excluding carboxylic acids is 1. The minimum atomic E-state index is -3.95. The normalized spacial score (nSPS) is 11.2. The Balaban J connectivity index is 1.80. The van der Waals surface area contributed by atoms with E-state index in [4.69, 9.17) is 0 Å². The van der Waals surface area contributed by atoms with Crippen molar-refractivity contribution >= 4 is 15.9 Å². The Labute approximate surface area is 151 Å². The Bertz CT molecular complexity index is 1040. The molecular weight excluding hydrogens is 353 g/mol. The third kappa shape index (κ3) is 3.81. The van der Waals surface area contributed by atoms with E-state index in [2.05, 4.69) is 4.72 Å². The maximum Gasteiger partial charge on any atom is 0.264 e. The zero-order chi connectivity index (χ0) is 18.7. The second kappa shape index (κ2) is 7.09. The molecule has 0 saturated heterocycles. The quantitative estimate of drug-likeness (QED) is 0.758. The second-order valence-electron chi connectivity index (χ2n) is 5.78. The molecule has 0 spiro atoms. The highest BCUT2D eigenvalue weighted by molar-refractivity contribution is 7.90. The smallest absolute Gasteiger partial charge is 0.264 e. The summed E-state index contributed by atoms with van der Waals surface area (Å²) >= 11 is 0. The third-order valence-electron chi connectivity index (χ3n) is 3.93. The van der Waals surface area contributed by atoms with Gasteiger partial charge in [0.05, 0.1) is 4.90 Å². The highest BCUT2D eigenvalue weighted by atomic mass is 32.2. The molecular formula is C20H16FNO3S. The van der Waals surface area contributed by atoms with Crippen LogP contribution in [0.4, 0.5) is 4.39 Å². The van der Waals surface area contributed by atoms with Crippen LogP contribution in [0.3, 0.4) is 0 Å². The monoisotopic (exact) mass is 369 g/mol. The number of hydrogen-bond donors (Lipinski definition) is 1. The Kier molecular flexibility index (Phi) is 4.86. The highest BCUT2D eigenvalue weighted by Gasteiger charge is 2.20. The maximum atomic E-state index is 13.0. The van der Waals surface area contributed by atoms with E-state index in [1.807, 2.05) is 0 Å². The summed E-state index contributed by atoms with van der Waals surface area (Å²) in [5, 5.41) is 0. The van der Waals surface area contributed by atoms with Crippen LogP contribution in [0.25, 0.3) is 11.1 Å². The van der Waals surface area contributed by atoms with Crippen molar-refractivity contribution in [3.05, 3.63) is 89.7 Å². The van der Waals surface area contributed by atoms with Crippen LogP contribution in [0, 0.1) is 12.7 Å². The molecule has 3 rings (SSSR count). The standard InChI is InChI=1S/C20H16FNO3S/c1-14-4-2-3-5-19(14)26(24,25)22-20(23)17-8-6-15(7-9-17)16-10-12-18(21)13-11-16/h2-13H,1H3,(H,22,23). The first kappa shape index (κ1) is 17.8. The Morgan fingerprint density at radius 2 is 1.38 bits per heavy atom. The van der Waals surface area contributed by atoms with E-state index in [0.717, 1.165) is 11.1 Å². The molecule has 1 N–H and O–H groups in total. The number of nitrogens with one attached hydrogen (secondary N) is 1. The van der Waals surface area contributed by atoms with E-state index in [0.29, 0.717) is 5.56 Å². The van der Waals surface area contributed by atoms with Gasteiger partial charge < -0.3 is 0 Å². The van der Waals surface area contributed by atoms with Gasteiger partial charge in [0.25, 0.3) is 15.9 Å². The van der Waals surface area contributed by atoms with Crippen molar-refractivity contribution in [2.45, 2.75) is 11.8 Å². The molecule has 0 bridgehead atoms. The SMILES string of the molecule is Cc1ccccc1S(=O)(=O)NC(=O)c1ccc(-c2ccc(F)cc2)cc1. The van der Waals surface area contributed by atoms with Crippen LogP contribution in [0.5, 0.6) is 0 Å². The molecule has 1 amide bonds. The van der Waals surface area contributed by atoms with Crippen molar-refractivity contribution in [3.8, 4) is 11.1 Å². The van der Waals surface area contributed by atoms with Gasteiger partial charge in [0.1, 0.15) is 5.82 Å². The number of rotatable bonds is 4. The molecule has 0 aromatic heterocycles. The van der Waals surface area contributed by atoms with Gasteiger partial charge >= 0.3 is 0 Å². The summed E-state index contributed by atoms with van der Waals surface area (Å²) < 4.78 is 39.8. The average molecular weight is 369 g/mol. The first-order valence-corrected chi connectivity index (χ1v) is 9.34. The van der Waals surface area contributed by atoms with Crippen molar-refractivity contribution in [2.24, 2.45) is 0 Å². The highest BCUT2D eigenvalue weighted by Crippen LogP contribution is 2.20. The van der Waals surface area contributed by atoms with E-state index in [-0.39, 0.29) is 16.3 Å². The molecule has 6 heteroatoms. The number of hydrogen-bond acceptors (Lipinski definition) is 3. The van der Waals surface area contributed by atoms with Gasteiger partial charge in [-0.2, -0.15) is 0 Å². The molecule has 0 aliphatic rings. The molecule has 0 fully saturated rings. The predicted molar refractivity (Wildman–Crippen MR) is 97.7 cm³/mol. The zero-order valence-corrected chi connectivity index (χ0v) is 14.8. The molecule has 3 aromatic carbocycles. The van der Waals surface area contributed by atoms with Crippen LogP contribution in [-0.2, 0) is 10.0 Å². The first-order chi connectivity index (χ1) is 12.4. The maximum absolute atomic E-state index is 13.0. The fourth-order valence-electron chi connectivity index (χ4n) is 2.55.